The zero-order valence-electron chi connectivity index (χ0n) is 15.6. The molecule has 0 aliphatic carbocycles. The number of aryl methyl sites for hydroxylation is 1. The predicted molar refractivity (Wildman–Crippen MR) is 102 cm³/mol. The molecule has 142 valence electrons. The van der Waals surface area contributed by atoms with Gasteiger partial charge in [-0.2, -0.15) is 15.4 Å². The second-order valence-electron chi connectivity index (χ2n) is 6.15. The number of benzene rings is 2. The topological polar surface area (TPSA) is 118 Å². The Morgan fingerprint density at radius 1 is 1.14 bits per heavy atom. The van der Waals surface area contributed by atoms with Crippen molar-refractivity contribution >= 4 is 18.0 Å². The third-order valence-corrected chi connectivity index (χ3v) is 4.37. The van der Waals surface area contributed by atoms with Crippen LogP contribution < -0.4 is 4.74 Å². The van der Waals surface area contributed by atoms with Crippen LogP contribution in [0.25, 0.3) is 11.3 Å². The van der Waals surface area contributed by atoms with Gasteiger partial charge in [-0.25, -0.2) is 0 Å². The highest BCUT2D eigenvalue weighted by Crippen LogP contribution is 2.31. The van der Waals surface area contributed by atoms with Crippen LogP contribution in [-0.4, -0.2) is 38.6 Å². The Hall–Kier alpha value is -3.81. The van der Waals surface area contributed by atoms with Crippen molar-refractivity contribution in [1.29, 1.82) is 0 Å². The predicted octanol–water partition coefficient (Wildman–Crippen LogP) is 3.05. The molecule has 8 nitrogen and oxygen atoms in total. The second-order valence-corrected chi connectivity index (χ2v) is 6.15. The fourth-order valence-electron chi connectivity index (χ4n) is 2.89. The molecular weight excluding hydrogens is 360 g/mol. The lowest BCUT2D eigenvalue weighted by molar-refractivity contribution is -0.131. The molecule has 2 N–H and O–H groups in total. The minimum atomic E-state index is -0.531. The maximum atomic E-state index is 13.1. The van der Waals surface area contributed by atoms with Gasteiger partial charge in [0.1, 0.15) is 11.4 Å². The Labute approximate surface area is 160 Å². The molecule has 0 aliphatic rings. The molecule has 0 spiro atoms. The Kier molecular flexibility index (Phi) is 5.30. The van der Waals surface area contributed by atoms with Crippen molar-refractivity contribution in [1.82, 2.24) is 15.4 Å². The summed E-state index contributed by atoms with van der Waals surface area (Å²) in [6, 6.07) is 10.3. The summed E-state index contributed by atoms with van der Waals surface area (Å²) < 4.78 is 5.17. The van der Waals surface area contributed by atoms with Crippen molar-refractivity contribution in [2.45, 2.75) is 20.8 Å². The van der Waals surface area contributed by atoms with Gasteiger partial charge in [0.2, 0.25) is 5.78 Å². The van der Waals surface area contributed by atoms with Crippen LogP contribution in [-0.2, 0) is 4.79 Å². The van der Waals surface area contributed by atoms with E-state index < -0.39 is 5.97 Å². The minimum Gasteiger partial charge on any atom is -0.426 e. The summed E-state index contributed by atoms with van der Waals surface area (Å²) in [6.45, 7) is 5.06. The molecular formula is C20H18N4O4. The van der Waals surface area contributed by atoms with E-state index in [-0.39, 0.29) is 22.9 Å². The number of ether oxygens (including phenoxy) is 1. The normalized spacial score (nSPS) is 11.0. The molecule has 0 amide bonds. The maximum absolute atomic E-state index is 13.1. The van der Waals surface area contributed by atoms with Gasteiger partial charge in [0.15, 0.2) is 5.69 Å². The number of aromatic nitrogens is 3. The first-order chi connectivity index (χ1) is 13.4. The van der Waals surface area contributed by atoms with Crippen molar-refractivity contribution < 1.29 is 19.5 Å². The van der Waals surface area contributed by atoms with E-state index >= 15 is 0 Å². The molecule has 1 aromatic heterocycles. The van der Waals surface area contributed by atoms with Crippen LogP contribution in [0.5, 0.6) is 5.75 Å². The molecule has 28 heavy (non-hydrogen) atoms. The molecule has 1 heterocycles. The van der Waals surface area contributed by atoms with Gasteiger partial charge in [0.05, 0.1) is 6.21 Å². The average molecular weight is 378 g/mol. The zero-order valence-corrected chi connectivity index (χ0v) is 15.6. The molecule has 3 aromatic rings. The van der Waals surface area contributed by atoms with Crippen LogP contribution in [0.15, 0.2) is 41.6 Å². The number of nitrogens with one attached hydrogen (secondary N) is 1. The van der Waals surface area contributed by atoms with Crippen LogP contribution in [0.3, 0.4) is 0 Å². The summed E-state index contributed by atoms with van der Waals surface area (Å²) in [5.74, 6) is -0.651. The van der Waals surface area contributed by atoms with Crippen molar-refractivity contribution in [2.24, 2.45) is 5.16 Å². The van der Waals surface area contributed by atoms with E-state index in [1.165, 1.54) is 6.92 Å². The number of ketones is 1. The lowest BCUT2D eigenvalue weighted by Crippen LogP contribution is -2.08. The van der Waals surface area contributed by atoms with Crippen molar-refractivity contribution in [3.63, 3.8) is 0 Å². The first kappa shape index (κ1) is 19.0. The Morgan fingerprint density at radius 3 is 2.61 bits per heavy atom. The third kappa shape index (κ3) is 3.52. The van der Waals surface area contributed by atoms with Gasteiger partial charge in [-0.1, -0.05) is 35.5 Å². The first-order valence-corrected chi connectivity index (χ1v) is 8.45. The van der Waals surface area contributed by atoms with Crippen LogP contribution in [0.2, 0.25) is 0 Å². The lowest BCUT2D eigenvalue weighted by atomic mass is 9.95. The number of aromatic amines is 1. The van der Waals surface area contributed by atoms with Crippen LogP contribution >= 0.6 is 0 Å². The van der Waals surface area contributed by atoms with Gasteiger partial charge in [-0.3, -0.25) is 9.59 Å². The first-order valence-electron chi connectivity index (χ1n) is 8.45. The molecule has 0 unspecified atom stereocenters. The average Bonchev–Trinajstić information content (AvgIpc) is 3.14. The largest absolute Gasteiger partial charge is 0.426 e. The quantitative estimate of drug-likeness (QED) is 0.176. The smallest absolute Gasteiger partial charge is 0.308 e. The fraction of sp³-hybridized carbons (Fsp3) is 0.150. The maximum Gasteiger partial charge on any atom is 0.308 e. The number of esters is 1. The van der Waals surface area contributed by atoms with Gasteiger partial charge in [0.25, 0.3) is 0 Å². The summed E-state index contributed by atoms with van der Waals surface area (Å²) in [5.41, 5.74) is 3.45. The SMILES string of the molecule is CC(=O)Oc1cccc(-c2n[nH]nc2C(=O)c2cccc(C)c2C)c1C=NO. The van der Waals surface area contributed by atoms with Crippen molar-refractivity contribution in [3.05, 3.63) is 64.3 Å². The number of carbonyl (C=O) groups is 2. The Morgan fingerprint density at radius 2 is 1.89 bits per heavy atom. The molecule has 0 fully saturated rings. The summed E-state index contributed by atoms with van der Waals surface area (Å²) in [4.78, 5) is 24.5. The Bertz CT molecular complexity index is 1090. The fourth-order valence-corrected chi connectivity index (χ4v) is 2.89. The van der Waals surface area contributed by atoms with E-state index in [1.807, 2.05) is 19.9 Å². The van der Waals surface area contributed by atoms with E-state index in [2.05, 4.69) is 20.6 Å². The minimum absolute atomic E-state index is 0.112. The monoisotopic (exact) mass is 378 g/mol. The third-order valence-electron chi connectivity index (χ3n) is 4.37. The molecule has 0 saturated carbocycles. The summed E-state index contributed by atoms with van der Waals surface area (Å²) >= 11 is 0. The number of H-pyrrole nitrogens is 1. The molecule has 0 radical (unpaired) electrons. The number of carbonyl (C=O) groups excluding carboxylic acids is 2. The van der Waals surface area contributed by atoms with Crippen molar-refractivity contribution in [2.75, 3.05) is 0 Å². The van der Waals surface area contributed by atoms with Gasteiger partial charge in [0, 0.05) is 23.6 Å². The number of nitrogens with zero attached hydrogens (tertiary/aromatic N) is 3. The number of hydrogen-bond donors (Lipinski definition) is 2. The van der Waals surface area contributed by atoms with Gasteiger partial charge < -0.3 is 9.94 Å². The molecule has 0 aliphatic heterocycles. The number of oxime groups is 1. The van der Waals surface area contributed by atoms with Gasteiger partial charge in [-0.15, -0.1) is 0 Å². The van der Waals surface area contributed by atoms with E-state index in [4.69, 9.17) is 9.94 Å². The summed E-state index contributed by atoms with van der Waals surface area (Å²) in [6.07, 6.45) is 1.12. The highest BCUT2D eigenvalue weighted by molar-refractivity contribution is 6.12. The second kappa shape index (κ2) is 7.83. The molecule has 0 atom stereocenters. The summed E-state index contributed by atoms with van der Waals surface area (Å²) in [7, 11) is 0. The standard InChI is InChI=1S/C20H18N4O4/c1-11-6-4-7-14(12(11)2)20(26)19-18(22-24-23-19)15-8-5-9-17(28-13(3)25)16(15)10-21-27/h4-10,27H,1-3H3,(H,22,23,24). The van der Waals surface area contributed by atoms with Crippen molar-refractivity contribution in [3.8, 4) is 17.0 Å². The molecule has 2 aromatic carbocycles. The van der Waals surface area contributed by atoms with E-state index in [0.717, 1.165) is 17.3 Å². The Balaban J connectivity index is 2.15. The molecule has 0 bridgehead atoms. The molecule has 0 saturated heterocycles. The van der Waals surface area contributed by atoms with E-state index in [0.29, 0.717) is 16.7 Å². The highest BCUT2D eigenvalue weighted by Gasteiger charge is 2.24. The molecule has 8 heteroatoms. The zero-order chi connectivity index (χ0) is 20.3. The highest BCUT2D eigenvalue weighted by atomic mass is 16.5. The van der Waals surface area contributed by atoms with Gasteiger partial charge in [-0.05, 0) is 31.0 Å². The van der Waals surface area contributed by atoms with Crippen LogP contribution in [0.4, 0.5) is 0 Å². The van der Waals surface area contributed by atoms with Crippen LogP contribution in [0, 0.1) is 13.8 Å². The lowest BCUT2D eigenvalue weighted by Gasteiger charge is -2.10. The van der Waals surface area contributed by atoms with E-state index in [9.17, 15) is 9.59 Å². The molecule has 3 rings (SSSR count). The summed E-state index contributed by atoms with van der Waals surface area (Å²) in [5, 5.41) is 22.7. The number of rotatable bonds is 5. The van der Waals surface area contributed by atoms with Gasteiger partial charge >= 0.3 is 5.97 Å². The number of hydrogen-bond acceptors (Lipinski definition) is 7. The van der Waals surface area contributed by atoms with E-state index in [1.54, 1.807) is 30.3 Å². The van der Waals surface area contributed by atoms with Crippen LogP contribution in [0.1, 0.15) is 39.7 Å².